The minimum Gasteiger partial charge on any atom is -0.353 e. The molecule has 0 unspecified atom stereocenters. The molecule has 0 N–H and O–H groups in total. The number of anilines is 2. The summed E-state index contributed by atoms with van der Waals surface area (Å²) in [5, 5.41) is 0. The highest BCUT2D eigenvalue weighted by molar-refractivity contribution is 5.47. The van der Waals surface area contributed by atoms with Gasteiger partial charge in [-0.3, -0.25) is 4.57 Å². The summed E-state index contributed by atoms with van der Waals surface area (Å²) in [5.41, 5.74) is 1.07. The van der Waals surface area contributed by atoms with Crippen molar-refractivity contribution in [3.05, 3.63) is 54.0 Å². The lowest BCUT2D eigenvalue weighted by atomic mass is 10.2. The first-order valence-corrected chi connectivity index (χ1v) is 10.0. The molecule has 144 valence electrons. The lowest BCUT2D eigenvalue weighted by molar-refractivity contribution is 0.637. The number of pyridine rings is 1. The molecule has 7 nitrogen and oxygen atoms in total. The summed E-state index contributed by atoms with van der Waals surface area (Å²) >= 11 is 0. The van der Waals surface area contributed by atoms with Crippen LogP contribution >= 0.6 is 0 Å². The van der Waals surface area contributed by atoms with Crippen molar-refractivity contribution < 1.29 is 0 Å². The molecule has 1 aliphatic heterocycles. The van der Waals surface area contributed by atoms with E-state index in [1.165, 1.54) is 12.8 Å². The van der Waals surface area contributed by atoms with Crippen LogP contribution in [0.2, 0.25) is 0 Å². The summed E-state index contributed by atoms with van der Waals surface area (Å²) in [7, 11) is 0. The molecule has 28 heavy (non-hydrogen) atoms. The molecule has 0 radical (unpaired) electrons. The Kier molecular flexibility index (Phi) is 4.22. The van der Waals surface area contributed by atoms with Gasteiger partial charge in [0.1, 0.15) is 29.1 Å². The quantitative estimate of drug-likeness (QED) is 0.699. The topological polar surface area (TPSA) is 63.0 Å². The summed E-state index contributed by atoms with van der Waals surface area (Å²) in [6.07, 6.45) is 6.22. The van der Waals surface area contributed by atoms with Gasteiger partial charge in [0, 0.05) is 56.3 Å². The van der Waals surface area contributed by atoms with Crippen molar-refractivity contribution in [2.24, 2.45) is 0 Å². The minimum absolute atomic E-state index is 0.582. The fourth-order valence-electron chi connectivity index (χ4n) is 3.77. The fraction of sp³-hybridized carbons (Fsp3) is 0.429. The predicted octanol–water partition coefficient (Wildman–Crippen LogP) is 2.88. The van der Waals surface area contributed by atoms with Crippen molar-refractivity contribution in [3.8, 4) is 5.82 Å². The number of rotatable bonds is 4. The predicted molar refractivity (Wildman–Crippen MR) is 109 cm³/mol. The monoisotopic (exact) mass is 375 g/mol. The van der Waals surface area contributed by atoms with Gasteiger partial charge < -0.3 is 9.80 Å². The Balaban J connectivity index is 1.31. The molecular formula is C21H25N7. The second-order valence-corrected chi connectivity index (χ2v) is 7.67. The van der Waals surface area contributed by atoms with Gasteiger partial charge in [-0.2, -0.15) is 0 Å². The van der Waals surface area contributed by atoms with E-state index in [0.717, 1.165) is 61.0 Å². The Morgan fingerprint density at radius 1 is 0.857 bits per heavy atom. The molecule has 1 saturated heterocycles. The van der Waals surface area contributed by atoms with Gasteiger partial charge in [0.2, 0.25) is 0 Å². The SMILES string of the molecule is Cc1cc(N2CCN(c3cccc(-n4ccnc4C)n3)CC2)nc(C2CC2)n1. The molecule has 0 amide bonds. The Bertz CT molecular complexity index is 984. The van der Waals surface area contributed by atoms with E-state index in [2.05, 4.69) is 44.9 Å². The molecule has 3 aromatic heterocycles. The molecule has 1 aliphatic carbocycles. The van der Waals surface area contributed by atoms with E-state index < -0.39 is 0 Å². The zero-order valence-electron chi connectivity index (χ0n) is 16.4. The Morgan fingerprint density at radius 2 is 1.57 bits per heavy atom. The average Bonchev–Trinajstić information content (AvgIpc) is 3.49. The molecule has 3 aromatic rings. The first-order valence-electron chi connectivity index (χ1n) is 10.0. The van der Waals surface area contributed by atoms with Gasteiger partial charge >= 0.3 is 0 Å². The van der Waals surface area contributed by atoms with Crippen molar-refractivity contribution in [1.29, 1.82) is 0 Å². The number of imidazole rings is 1. The highest BCUT2D eigenvalue weighted by atomic mass is 15.3. The first-order chi connectivity index (χ1) is 13.7. The minimum atomic E-state index is 0.582. The van der Waals surface area contributed by atoms with Crippen LogP contribution in [0.15, 0.2) is 36.7 Å². The summed E-state index contributed by atoms with van der Waals surface area (Å²) in [6.45, 7) is 7.81. The highest BCUT2D eigenvalue weighted by Crippen LogP contribution is 2.38. The second-order valence-electron chi connectivity index (χ2n) is 7.67. The third-order valence-corrected chi connectivity index (χ3v) is 5.52. The van der Waals surface area contributed by atoms with E-state index >= 15 is 0 Å². The van der Waals surface area contributed by atoms with Crippen molar-refractivity contribution in [2.45, 2.75) is 32.6 Å². The van der Waals surface area contributed by atoms with E-state index in [0.29, 0.717) is 5.92 Å². The number of aromatic nitrogens is 5. The maximum absolute atomic E-state index is 4.86. The third-order valence-electron chi connectivity index (χ3n) is 5.52. The third kappa shape index (κ3) is 3.32. The molecule has 0 bridgehead atoms. The molecule has 4 heterocycles. The smallest absolute Gasteiger partial charge is 0.140 e. The number of piperazine rings is 1. The van der Waals surface area contributed by atoms with Gasteiger partial charge in [0.05, 0.1) is 0 Å². The number of hydrogen-bond donors (Lipinski definition) is 0. The van der Waals surface area contributed by atoms with Crippen molar-refractivity contribution in [1.82, 2.24) is 24.5 Å². The average molecular weight is 375 g/mol. The van der Waals surface area contributed by atoms with Crippen LogP contribution in [0.5, 0.6) is 0 Å². The lowest BCUT2D eigenvalue weighted by Crippen LogP contribution is -2.47. The second kappa shape index (κ2) is 6.89. The maximum Gasteiger partial charge on any atom is 0.140 e. The van der Waals surface area contributed by atoms with Gasteiger partial charge in [-0.15, -0.1) is 0 Å². The van der Waals surface area contributed by atoms with Crippen LogP contribution in [-0.2, 0) is 0 Å². The van der Waals surface area contributed by atoms with Crippen LogP contribution in [0.3, 0.4) is 0 Å². The van der Waals surface area contributed by atoms with E-state index in [1.54, 1.807) is 0 Å². The zero-order chi connectivity index (χ0) is 19.1. The zero-order valence-corrected chi connectivity index (χ0v) is 16.4. The molecule has 1 saturated carbocycles. The van der Waals surface area contributed by atoms with Crippen molar-refractivity contribution in [2.75, 3.05) is 36.0 Å². The van der Waals surface area contributed by atoms with Crippen molar-refractivity contribution >= 4 is 11.6 Å². The van der Waals surface area contributed by atoms with E-state index in [9.17, 15) is 0 Å². The molecular weight excluding hydrogens is 350 g/mol. The van der Waals surface area contributed by atoms with Gasteiger partial charge in [0.25, 0.3) is 0 Å². The maximum atomic E-state index is 4.86. The van der Waals surface area contributed by atoms with Crippen LogP contribution in [-0.4, -0.2) is 50.7 Å². The van der Waals surface area contributed by atoms with E-state index in [-0.39, 0.29) is 0 Å². The standard InChI is InChI=1S/C21H25N7/c1-15-14-20(25-21(23-15)17-6-7-17)27-12-10-26(11-13-27)18-4-3-5-19(24-18)28-9-8-22-16(28)2/h3-5,8-9,14,17H,6-7,10-13H2,1-2H3. The van der Waals surface area contributed by atoms with Crippen LogP contribution in [0.25, 0.3) is 5.82 Å². The summed E-state index contributed by atoms with van der Waals surface area (Å²) in [6, 6.07) is 8.30. The molecule has 5 rings (SSSR count). The summed E-state index contributed by atoms with van der Waals surface area (Å²) in [4.78, 5) is 23.4. The highest BCUT2D eigenvalue weighted by Gasteiger charge is 2.28. The van der Waals surface area contributed by atoms with Gasteiger partial charge in [0.15, 0.2) is 0 Å². The molecule has 0 aromatic carbocycles. The van der Waals surface area contributed by atoms with Crippen LogP contribution in [0.4, 0.5) is 11.6 Å². The van der Waals surface area contributed by atoms with Crippen LogP contribution < -0.4 is 9.80 Å². The lowest BCUT2D eigenvalue weighted by Gasteiger charge is -2.36. The Morgan fingerprint density at radius 3 is 2.25 bits per heavy atom. The van der Waals surface area contributed by atoms with Gasteiger partial charge in [-0.1, -0.05) is 6.07 Å². The first kappa shape index (κ1) is 17.2. The van der Waals surface area contributed by atoms with Crippen LogP contribution in [0.1, 0.15) is 36.1 Å². The van der Waals surface area contributed by atoms with E-state index in [4.69, 9.17) is 9.97 Å². The normalized spacial score (nSPS) is 17.2. The number of nitrogens with zero attached hydrogens (tertiary/aromatic N) is 7. The number of hydrogen-bond acceptors (Lipinski definition) is 6. The molecule has 0 atom stereocenters. The number of aryl methyl sites for hydroxylation is 2. The van der Waals surface area contributed by atoms with Crippen LogP contribution in [0, 0.1) is 13.8 Å². The van der Waals surface area contributed by atoms with Gasteiger partial charge in [-0.25, -0.2) is 19.9 Å². The largest absolute Gasteiger partial charge is 0.353 e. The molecule has 2 fully saturated rings. The summed E-state index contributed by atoms with van der Waals surface area (Å²) in [5.74, 6) is 5.56. The Hall–Kier alpha value is -2.96. The summed E-state index contributed by atoms with van der Waals surface area (Å²) < 4.78 is 2.02. The van der Waals surface area contributed by atoms with Crippen molar-refractivity contribution in [3.63, 3.8) is 0 Å². The fourth-order valence-corrected chi connectivity index (χ4v) is 3.77. The Labute approximate surface area is 165 Å². The molecule has 7 heteroatoms. The van der Waals surface area contributed by atoms with E-state index in [1.807, 2.05) is 30.0 Å². The van der Waals surface area contributed by atoms with Gasteiger partial charge in [-0.05, 0) is 38.8 Å². The molecule has 0 spiro atoms. The molecule has 2 aliphatic rings.